The third-order valence-corrected chi connectivity index (χ3v) is 4.37. The van der Waals surface area contributed by atoms with Gasteiger partial charge in [-0.15, -0.1) is 10.2 Å². The van der Waals surface area contributed by atoms with E-state index in [4.69, 9.17) is 14.4 Å². The lowest BCUT2D eigenvalue weighted by Gasteiger charge is -2.23. The highest BCUT2D eigenvalue weighted by atomic mass is 16.5. The first-order valence-electron chi connectivity index (χ1n) is 8.82. The second kappa shape index (κ2) is 8.82. The molecule has 2 aromatic carbocycles. The third-order valence-electron chi connectivity index (χ3n) is 4.37. The monoisotopic (exact) mass is 376 g/mol. The van der Waals surface area contributed by atoms with Crippen molar-refractivity contribution < 1.29 is 13.9 Å². The van der Waals surface area contributed by atoms with E-state index in [-0.39, 0.29) is 18.9 Å². The second-order valence-corrected chi connectivity index (χ2v) is 6.28. The van der Waals surface area contributed by atoms with Crippen LogP contribution in [-0.4, -0.2) is 29.3 Å². The van der Waals surface area contributed by atoms with Crippen LogP contribution in [0.3, 0.4) is 0 Å². The van der Waals surface area contributed by atoms with E-state index >= 15 is 0 Å². The van der Waals surface area contributed by atoms with Gasteiger partial charge in [-0.1, -0.05) is 6.07 Å². The Morgan fingerprint density at radius 1 is 1.18 bits per heavy atom. The molecule has 1 heterocycles. The van der Waals surface area contributed by atoms with Crippen LogP contribution in [0.5, 0.6) is 5.75 Å². The first-order valence-corrected chi connectivity index (χ1v) is 8.82. The number of carbonyl (C=O) groups excluding carboxylic acids is 1. The van der Waals surface area contributed by atoms with E-state index in [0.29, 0.717) is 18.2 Å². The summed E-state index contributed by atoms with van der Waals surface area (Å²) in [4.78, 5) is 14.3. The van der Waals surface area contributed by atoms with Gasteiger partial charge in [0.05, 0.1) is 12.5 Å². The van der Waals surface area contributed by atoms with Crippen molar-refractivity contribution in [2.45, 2.75) is 20.3 Å². The molecule has 28 heavy (non-hydrogen) atoms. The van der Waals surface area contributed by atoms with Gasteiger partial charge in [0, 0.05) is 17.8 Å². The van der Waals surface area contributed by atoms with Crippen molar-refractivity contribution in [1.29, 1.82) is 5.26 Å². The van der Waals surface area contributed by atoms with Gasteiger partial charge < -0.3 is 14.1 Å². The Kier molecular flexibility index (Phi) is 6.02. The van der Waals surface area contributed by atoms with Gasteiger partial charge in [0.15, 0.2) is 6.61 Å². The van der Waals surface area contributed by atoms with Gasteiger partial charge in [-0.05, 0) is 61.4 Å². The number of amides is 1. The number of nitriles is 1. The van der Waals surface area contributed by atoms with Crippen molar-refractivity contribution >= 4 is 11.6 Å². The number of aromatic nitrogens is 2. The molecule has 1 aromatic heterocycles. The molecule has 0 aliphatic rings. The van der Waals surface area contributed by atoms with E-state index in [9.17, 15) is 4.79 Å². The molecular weight excluding hydrogens is 356 g/mol. The van der Waals surface area contributed by atoms with E-state index in [0.717, 1.165) is 22.4 Å². The van der Waals surface area contributed by atoms with Gasteiger partial charge in [0.2, 0.25) is 12.3 Å². The summed E-state index contributed by atoms with van der Waals surface area (Å²) in [6, 6.07) is 14.9. The molecule has 0 atom stereocenters. The summed E-state index contributed by atoms with van der Waals surface area (Å²) >= 11 is 0. The summed E-state index contributed by atoms with van der Waals surface area (Å²) in [7, 11) is 0. The molecule has 3 rings (SSSR count). The van der Waals surface area contributed by atoms with Crippen molar-refractivity contribution in [3.8, 4) is 23.3 Å². The molecule has 0 saturated heterocycles. The highest BCUT2D eigenvalue weighted by Gasteiger charge is 2.17. The van der Waals surface area contributed by atoms with Crippen LogP contribution in [0, 0.1) is 25.2 Å². The lowest BCUT2D eigenvalue weighted by atomic mass is 10.1. The van der Waals surface area contributed by atoms with Crippen LogP contribution in [0.15, 0.2) is 53.3 Å². The molecule has 0 aliphatic heterocycles. The summed E-state index contributed by atoms with van der Waals surface area (Å²) in [5, 5.41) is 16.4. The minimum Gasteiger partial charge on any atom is -0.484 e. The first kappa shape index (κ1) is 19.1. The fraction of sp³-hybridized carbons (Fsp3) is 0.238. The topological polar surface area (TPSA) is 92.2 Å². The second-order valence-electron chi connectivity index (χ2n) is 6.28. The summed E-state index contributed by atoms with van der Waals surface area (Å²) < 4.78 is 10.8. The van der Waals surface area contributed by atoms with Crippen molar-refractivity contribution in [3.05, 3.63) is 60.0 Å². The number of benzene rings is 2. The Labute approximate surface area is 163 Å². The zero-order valence-electron chi connectivity index (χ0n) is 15.8. The maximum atomic E-state index is 12.7. The zero-order chi connectivity index (χ0) is 19.9. The van der Waals surface area contributed by atoms with E-state index in [1.165, 1.54) is 6.39 Å². The minimum absolute atomic E-state index is 0.127. The molecule has 7 heteroatoms. The number of nitrogens with zero attached hydrogens (tertiary/aromatic N) is 4. The predicted octanol–water partition coefficient (Wildman–Crippen LogP) is 3.68. The fourth-order valence-electron chi connectivity index (χ4n) is 2.67. The number of ether oxygens (including phenoxy) is 1. The molecule has 0 radical (unpaired) electrons. The van der Waals surface area contributed by atoms with Crippen LogP contribution in [0.1, 0.15) is 17.5 Å². The lowest BCUT2D eigenvalue weighted by molar-refractivity contribution is -0.120. The van der Waals surface area contributed by atoms with Crippen molar-refractivity contribution in [2.24, 2.45) is 0 Å². The van der Waals surface area contributed by atoms with Crippen LogP contribution in [0.2, 0.25) is 0 Å². The highest BCUT2D eigenvalue weighted by Crippen LogP contribution is 2.22. The normalized spacial score (nSPS) is 10.3. The van der Waals surface area contributed by atoms with Crippen LogP contribution in [0.4, 0.5) is 5.69 Å². The third kappa shape index (κ3) is 4.54. The van der Waals surface area contributed by atoms with Crippen LogP contribution >= 0.6 is 0 Å². The number of anilines is 1. The minimum atomic E-state index is -0.209. The van der Waals surface area contributed by atoms with E-state index < -0.39 is 0 Å². The molecule has 0 spiro atoms. The molecule has 3 aromatic rings. The number of hydrogen-bond donors (Lipinski definition) is 0. The molecule has 0 N–H and O–H groups in total. The van der Waals surface area contributed by atoms with E-state index in [1.807, 2.05) is 32.0 Å². The summed E-state index contributed by atoms with van der Waals surface area (Å²) in [6.07, 6.45) is 1.51. The molecule has 142 valence electrons. The number of carbonyl (C=O) groups is 1. The SMILES string of the molecule is Cc1ccc(N(CCC#N)C(=O)COc2ccc(-c3nnco3)cc2)cc1C. The molecule has 0 unspecified atom stereocenters. The predicted molar refractivity (Wildman–Crippen MR) is 104 cm³/mol. The number of aryl methyl sites for hydroxylation is 2. The Balaban J connectivity index is 1.67. The smallest absolute Gasteiger partial charge is 0.264 e. The van der Waals surface area contributed by atoms with Gasteiger partial charge in [0.25, 0.3) is 5.91 Å². The molecule has 7 nitrogen and oxygen atoms in total. The molecular formula is C21H20N4O3. The van der Waals surface area contributed by atoms with Crippen molar-refractivity contribution in [1.82, 2.24) is 10.2 Å². The summed E-state index contributed by atoms with van der Waals surface area (Å²) in [5.74, 6) is 0.761. The van der Waals surface area contributed by atoms with Gasteiger partial charge in [-0.3, -0.25) is 4.79 Å². The Morgan fingerprint density at radius 2 is 1.96 bits per heavy atom. The quantitative estimate of drug-likeness (QED) is 0.624. The average Bonchev–Trinajstić information content (AvgIpc) is 3.24. The highest BCUT2D eigenvalue weighted by molar-refractivity contribution is 5.94. The fourth-order valence-corrected chi connectivity index (χ4v) is 2.67. The molecule has 0 bridgehead atoms. The first-order chi connectivity index (χ1) is 13.6. The van der Waals surface area contributed by atoms with Crippen LogP contribution in [0.25, 0.3) is 11.5 Å². The largest absolute Gasteiger partial charge is 0.484 e. The average molecular weight is 376 g/mol. The van der Waals surface area contributed by atoms with Crippen LogP contribution in [-0.2, 0) is 4.79 Å². The van der Waals surface area contributed by atoms with Crippen LogP contribution < -0.4 is 9.64 Å². The molecule has 0 aliphatic carbocycles. The Morgan fingerprint density at radius 3 is 2.61 bits per heavy atom. The Hall–Kier alpha value is -3.66. The molecule has 0 fully saturated rings. The van der Waals surface area contributed by atoms with Gasteiger partial charge in [-0.25, -0.2) is 0 Å². The van der Waals surface area contributed by atoms with E-state index in [2.05, 4.69) is 16.3 Å². The van der Waals surface area contributed by atoms with Crippen molar-refractivity contribution in [2.75, 3.05) is 18.1 Å². The standard InChI is InChI=1S/C21H20N4O3/c1-15-4-7-18(12-16(15)2)25(11-3-10-22)20(26)13-27-19-8-5-17(6-9-19)21-24-23-14-28-21/h4-9,12,14H,3,11,13H2,1-2H3. The maximum Gasteiger partial charge on any atom is 0.264 e. The van der Waals surface area contributed by atoms with Crippen molar-refractivity contribution in [3.63, 3.8) is 0 Å². The Bertz CT molecular complexity index is 976. The van der Waals surface area contributed by atoms with E-state index in [1.54, 1.807) is 29.2 Å². The maximum absolute atomic E-state index is 12.7. The van der Waals surface area contributed by atoms with Gasteiger partial charge >= 0.3 is 0 Å². The van der Waals surface area contributed by atoms with Gasteiger partial charge in [-0.2, -0.15) is 5.26 Å². The number of rotatable bonds is 7. The molecule has 0 saturated carbocycles. The summed E-state index contributed by atoms with van der Waals surface area (Å²) in [5.41, 5.74) is 3.76. The van der Waals surface area contributed by atoms with Gasteiger partial charge in [0.1, 0.15) is 5.75 Å². The molecule has 1 amide bonds. The lowest BCUT2D eigenvalue weighted by Crippen LogP contribution is -2.35. The number of hydrogen-bond acceptors (Lipinski definition) is 6. The zero-order valence-corrected chi connectivity index (χ0v) is 15.8. The summed E-state index contributed by atoms with van der Waals surface area (Å²) in [6.45, 7) is 4.20.